The monoisotopic (exact) mass is 151 g/mol. The second-order valence-electron chi connectivity index (χ2n) is 2.05. The Morgan fingerprint density at radius 3 is 3.00 bits per heavy atom. The number of fused-ring (bicyclic) bond motifs is 1. The SMILES string of the molecule is O=C1ONc2ccccc2O1. The third kappa shape index (κ3) is 0.980. The van der Waals surface area contributed by atoms with Gasteiger partial charge < -0.3 is 9.57 Å². The Morgan fingerprint density at radius 1 is 1.27 bits per heavy atom. The van der Waals surface area contributed by atoms with Crippen molar-refractivity contribution >= 4 is 11.8 Å². The van der Waals surface area contributed by atoms with Crippen molar-refractivity contribution in [2.45, 2.75) is 0 Å². The maximum absolute atomic E-state index is 10.5. The number of benzene rings is 1. The summed E-state index contributed by atoms with van der Waals surface area (Å²) in [6, 6.07) is 7.03. The molecule has 4 nitrogen and oxygen atoms in total. The van der Waals surface area contributed by atoms with Crippen LogP contribution in [-0.4, -0.2) is 6.16 Å². The summed E-state index contributed by atoms with van der Waals surface area (Å²) in [5, 5.41) is 0. The van der Waals surface area contributed by atoms with Crippen LogP contribution in [0.4, 0.5) is 10.5 Å². The predicted octanol–water partition coefficient (Wildman–Crippen LogP) is 1.54. The fourth-order valence-corrected chi connectivity index (χ4v) is 0.847. The standard InChI is InChI=1S/C7H5NO3/c9-7-10-6-4-2-1-3-5(6)8-11-7/h1-4,8H. The van der Waals surface area contributed by atoms with Crippen molar-refractivity contribution in [1.29, 1.82) is 0 Å². The molecule has 0 unspecified atom stereocenters. The van der Waals surface area contributed by atoms with Gasteiger partial charge in [0.1, 0.15) is 5.69 Å². The molecule has 0 atom stereocenters. The maximum atomic E-state index is 10.5. The van der Waals surface area contributed by atoms with E-state index in [4.69, 9.17) is 4.74 Å². The molecular formula is C7H5NO3. The summed E-state index contributed by atoms with van der Waals surface area (Å²) >= 11 is 0. The lowest BCUT2D eigenvalue weighted by Crippen LogP contribution is -2.20. The van der Waals surface area contributed by atoms with Crippen molar-refractivity contribution in [3.05, 3.63) is 24.3 Å². The van der Waals surface area contributed by atoms with E-state index in [0.29, 0.717) is 11.4 Å². The van der Waals surface area contributed by atoms with Crippen molar-refractivity contribution in [3.8, 4) is 5.75 Å². The van der Waals surface area contributed by atoms with Gasteiger partial charge in [0.25, 0.3) is 0 Å². The van der Waals surface area contributed by atoms with Gasteiger partial charge in [-0.05, 0) is 12.1 Å². The predicted molar refractivity (Wildman–Crippen MR) is 37.2 cm³/mol. The zero-order valence-corrected chi connectivity index (χ0v) is 5.53. The average molecular weight is 151 g/mol. The molecule has 56 valence electrons. The van der Waals surface area contributed by atoms with Crippen molar-refractivity contribution in [3.63, 3.8) is 0 Å². The summed E-state index contributed by atoms with van der Waals surface area (Å²) < 4.78 is 4.71. The van der Waals surface area contributed by atoms with Crippen LogP contribution in [0, 0.1) is 0 Å². The van der Waals surface area contributed by atoms with Gasteiger partial charge in [-0.3, -0.25) is 0 Å². The van der Waals surface area contributed by atoms with Crippen LogP contribution >= 0.6 is 0 Å². The number of para-hydroxylation sites is 2. The van der Waals surface area contributed by atoms with E-state index in [1.54, 1.807) is 18.2 Å². The lowest BCUT2D eigenvalue weighted by Gasteiger charge is -2.15. The van der Waals surface area contributed by atoms with E-state index in [1.807, 2.05) is 6.07 Å². The van der Waals surface area contributed by atoms with Crippen molar-refractivity contribution in [1.82, 2.24) is 0 Å². The van der Waals surface area contributed by atoms with Crippen LogP contribution in [0.2, 0.25) is 0 Å². The smallest absolute Gasteiger partial charge is 0.391 e. The third-order valence-corrected chi connectivity index (χ3v) is 1.32. The summed E-state index contributed by atoms with van der Waals surface area (Å²) in [4.78, 5) is 14.9. The molecule has 1 N–H and O–H groups in total. The first kappa shape index (κ1) is 6.03. The molecule has 0 radical (unpaired) electrons. The largest absolute Gasteiger partial charge is 0.538 e. The Hall–Kier alpha value is -1.71. The van der Waals surface area contributed by atoms with Gasteiger partial charge in [-0.25, -0.2) is 10.3 Å². The summed E-state index contributed by atoms with van der Waals surface area (Å²) in [5.41, 5.74) is 3.10. The Kier molecular flexibility index (Phi) is 1.18. The first-order valence-electron chi connectivity index (χ1n) is 3.10. The van der Waals surface area contributed by atoms with Crippen molar-refractivity contribution in [2.75, 3.05) is 5.48 Å². The highest BCUT2D eigenvalue weighted by Gasteiger charge is 2.16. The number of hydrogen-bond donors (Lipinski definition) is 1. The molecule has 1 aromatic carbocycles. The average Bonchev–Trinajstić information content (AvgIpc) is 2.04. The molecule has 0 spiro atoms. The van der Waals surface area contributed by atoms with Gasteiger partial charge in [0.2, 0.25) is 0 Å². The zero-order chi connectivity index (χ0) is 7.68. The molecule has 4 heteroatoms. The van der Waals surface area contributed by atoms with E-state index in [-0.39, 0.29) is 0 Å². The molecule has 0 amide bonds. The molecular weight excluding hydrogens is 146 g/mol. The van der Waals surface area contributed by atoms with Crippen LogP contribution in [0.25, 0.3) is 0 Å². The fourth-order valence-electron chi connectivity index (χ4n) is 0.847. The first-order valence-corrected chi connectivity index (χ1v) is 3.10. The number of carbonyl (C=O) groups is 1. The first-order chi connectivity index (χ1) is 5.36. The highest BCUT2D eigenvalue weighted by Crippen LogP contribution is 2.26. The Balaban J connectivity index is 2.41. The van der Waals surface area contributed by atoms with Gasteiger partial charge in [-0.15, -0.1) is 0 Å². The number of nitrogens with one attached hydrogen (secondary N) is 1. The zero-order valence-electron chi connectivity index (χ0n) is 5.53. The van der Waals surface area contributed by atoms with Crippen LogP contribution in [0.1, 0.15) is 0 Å². The molecule has 0 bridgehead atoms. The van der Waals surface area contributed by atoms with E-state index in [1.165, 1.54) is 0 Å². The van der Waals surface area contributed by atoms with Gasteiger partial charge in [0.05, 0.1) is 0 Å². The minimum absolute atomic E-state index is 0.490. The van der Waals surface area contributed by atoms with E-state index in [2.05, 4.69) is 10.3 Å². The molecule has 0 saturated heterocycles. The number of hydrogen-bond acceptors (Lipinski definition) is 4. The molecule has 0 saturated carbocycles. The lowest BCUT2D eigenvalue weighted by molar-refractivity contribution is 0.112. The molecule has 0 aliphatic carbocycles. The molecule has 1 aliphatic heterocycles. The normalized spacial score (nSPS) is 14.0. The fraction of sp³-hybridized carbons (Fsp3) is 0. The van der Waals surface area contributed by atoms with Gasteiger partial charge in [0, 0.05) is 0 Å². The summed E-state index contributed by atoms with van der Waals surface area (Å²) in [7, 11) is 0. The van der Waals surface area contributed by atoms with Crippen LogP contribution in [0.5, 0.6) is 5.75 Å². The molecule has 2 rings (SSSR count). The number of ether oxygens (including phenoxy) is 1. The molecule has 0 fully saturated rings. The molecule has 0 aromatic heterocycles. The van der Waals surface area contributed by atoms with E-state index in [9.17, 15) is 4.79 Å². The van der Waals surface area contributed by atoms with Crippen LogP contribution in [0.15, 0.2) is 24.3 Å². The van der Waals surface area contributed by atoms with Gasteiger partial charge >= 0.3 is 6.16 Å². The highest BCUT2D eigenvalue weighted by atomic mass is 16.8. The van der Waals surface area contributed by atoms with Gasteiger partial charge in [0.15, 0.2) is 5.75 Å². The second kappa shape index (κ2) is 2.16. The number of carbonyl (C=O) groups excluding carboxylic acids is 1. The van der Waals surface area contributed by atoms with E-state index in [0.717, 1.165) is 0 Å². The van der Waals surface area contributed by atoms with Crippen molar-refractivity contribution in [2.24, 2.45) is 0 Å². The van der Waals surface area contributed by atoms with Gasteiger partial charge in [-0.1, -0.05) is 12.1 Å². The molecule has 1 aliphatic rings. The lowest BCUT2D eigenvalue weighted by atomic mass is 10.3. The highest BCUT2D eigenvalue weighted by molar-refractivity contribution is 5.72. The Morgan fingerprint density at radius 2 is 2.09 bits per heavy atom. The van der Waals surface area contributed by atoms with Crippen LogP contribution in [-0.2, 0) is 4.84 Å². The summed E-state index contributed by atoms with van der Waals surface area (Å²) in [5.74, 6) is 0.490. The topological polar surface area (TPSA) is 47.6 Å². The summed E-state index contributed by atoms with van der Waals surface area (Å²) in [6.45, 7) is 0. The second-order valence-corrected chi connectivity index (χ2v) is 2.05. The van der Waals surface area contributed by atoms with Crippen molar-refractivity contribution < 1.29 is 14.4 Å². The third-order valence-electron chi connectivity index (χ3n) is 1.32. The molecule has 1 heterocycles. The quantitative estimate of drug-likeness (QED) is 0.451. The molecule has 11 heavy (non-hydrogen) atoms. The minimum atomic E-state index is -0.733. The molecule has 1 aromatic rings. The van der Waals surface area contributed by atoms with Crippen LogP contribution in [0.3, 0.4) is 0 Å². The van der Waals surface area contributed by atoms with E-state index >= 15 is 0 Å². The minimum Gasteiger partial charge on any atom is -0.391 e. The Bertz CT molecular complexity index is 297. The number of rotatable bonds is 0. The van der Waals surface area contributed by atoms with Crippen LogP contribution < -0.4 is 10.2 Å². The maximum Gasteiger partial charge on any atom is 0.538 e. The summed E-state index contributed by atoms with van der Waals surface area (Å²) in [6.07, 6.45) is -0.733. The Labute approximate surface area is 62.7 Å². The number of anilines is 1. The van der Waals surface area contributed by atoms with E-state index < -0.39 is 6.16 Å². The van der Waals surface area contributed by atoms with Gasteiger partial charge in [-0.2, -0.15) is 0 Å².